The largest absolute Gasteiger partial charge is 0.465 e. The van der Waals surface area contributed by atoms with Gasteiger partial charge in [-0.25, -0.2) is 9.78 Å². The monoisotopic (exact) mass is 254 g/mol. The number of aromatic nitrogens is 1. The second-order valence-corrected chi connectivity index (χ2v) is 5.75. The Kier molecular flexibility index (Phi) is 3.66. The molecule has 2 heterocycles. The molecule has 4 nitrogen and oxygen atoms in total. The van der Waals surface area contributed by atoms with Gasteiger partial charge in [-0.05, 0) is 18.3 Å². The van der Waals surface area contributed by atoms with Crippen molar-refractivity contribution in [3.8, 4) is 0 Å². The van der Waals surface area contributed by atoms with Gasteiger partial charge in [0.1, 0.15) is 4.88 Å². The summed E-state index contributed by atoms with van der Waals surface area (Å²) in [6.45, 7) is 6.61. The molecule has 0 saturated carbocycles. The van der Waals surface area contributed by atoms with Gasteiger partial charge < -0.3 is 9.64 Å². The molecule has 5 heteroatoms. The number of anilines is 1. The zero-order valence-corrected chi connectivity index (χ0v) is 11.3. The molecule has 0 amide bonds. The van der Waals surface area contributed by atoms with Crippen molar-refractivity contribution in [3.05, 3.63) is 11.1 Å². The van der Waals surface area contributed by atoms with Gasteiger partial charge in [0.05, 0.1) is 13.3 Å². The SMILES string of the molecule is COC(=O)c1cnc(N2CCC(C(C)C)C2)s1. The van der Waals surface area contributed by atoms with Gasteiger partial charge in [0, 0.05) is 13.1 Å². The van der Waals surface area contributed by atoms with E-state index in [1.54, 1.807) is 6.20 Å². The Bertz CT molecular complexity index is 403. The predicted molar refractivity (Wildman–Crippen MR) is 68.6 cm³/mol. The van der Waals surface area contributed by atoms with Crippen LogP contribution in [0.1, 0.15) is 29.9 Å². The van der Waals surface area contributed by atoms with Crippen LogP contribution in [0.2, 0.25) is 0 Å². The van der Waals surface area contributed by atoms with Crippen molar-refractivity contribution in [2.24, 2.45) is 11.8 Å². The number of methoxy groups -OCH3 is 1. The molecule has 1 unspecified atom stereocenters. The molecule has 1 atom stereocenters. The molecule has 0 N–H and O–H groups in total. The fourth-order valence-corrected chi connectivity index (χ4v) is 2.98. The van der Waals surface area contributed by atoms with Crippen molar-refractivity contribution in [3.63, 3.8) is 0 Å². The number of hydrogen-bond acceptors (Lipinski definition) is 5. The van der Waals surface area contributed by atoms with E-state index >= 15 is 0 Å². The van der Waals surface area contributed by atoms with E-state index in [1.807, 2.05) is 0 Å². The van der Waals surface area contributed by atoms with Gasteiger partial charge in [-0.1, -0.05) is 25.2 Å². The lowest BCUT2D eigenvalue weighted by Crippen LogP contribution is -2.20. The van der Waals surface area contributed by atoms with Gasteiger partial charge >= 0.3 is 5.97 Å². The number of rotatable bonds is 3. The number of carbonyl (C=O) groups excluding carboxylic acids is 1. The van der Waals surface area contributed by atoms with Crippen LogP contribution in [0, 0.1) is 11.8 Å². The van der Waals surface area contributed by atoms with Crippen LogP contribution in [0.4, 0.5) is 5.13 Å². The Morgan fingerprint density at radius 2 is 2.41 bits per heavy atom. The normalized spacial score (nSPS) is 20.0. The Morgan fingerprint density at radius 1 is 1.65 bits per heavy atom. The molecule has 1 fully saturated rings. The van der Waals surface area contributed by atoms with Crippen LogP contribution in [0.3, 0.4) is 0 Å². The van der Waals surface area contributed by atoms with E-state index in [-0.39, 0.29) is 5.97 Å². The van der Waals surface area contributed by atoms with Crippen molar-refractivity contribution < 1.29 is 9.53 Å². The highest BCUT2D eigenvalue weighted by Gasteiger charge is 2.27. The third-order valence-electron chi connectivity index (χ3n) is 3.32. The van der Waals surface area contributed by atoms with Crippen molar-refractivity contribution in [1.29, 1.82) is 0 Å². The van der Waals surface area contributed by atoms with E-state index in [0.29, 0.717) is 10.8 Å². The molecular formula is C12H18N2O2S. The zero-order valence-electron chi connectivity index (χ0n) is 10.5. The molecule has 94 valence electrons. The first-order chi connectivity index (χ1) is 8.11. The summed E-state index contributed by atoms with van der Waals surface area (Å²) in [5, 5.41) is 0.938. The highest BCUT2D eigenvalue weighted by atomic mass is 32.1. The molecule has 1 aliphatic heterocycles. The van der Waals surface area contributed by atoms with Crippen LogP contribution in [-0.2, 0) is 4.74 Å². The molecule has 0 aromatic carbocycles. The molecule has 0 radical (unpaired) electrons. The third kappa shape index (κ3) is 2.60. The maximum Gasteiger partial charge on any atom is 0.349 e. The number of hydrogen-bond donors (Lipinski definition) is 0. The van der Waals surface area contributed by atoms with Crippen molar-refractivity contribution in [2.45, 2.75) is 20.3 Å². The van der Waals surface area contributed by atoms with E-state index in [9.17, 15) is 4.79 Å². The maximum atomic E-state index is 11.3. The minimum atomic E-state index is -0.298. The molecule has 1 aliphatic rings. The first-order valence-electron chi connectivity index (χ1n) is 5.91. The predicted octanol–water partition coefficient (Wildman–Crippen LogP) is 2.41. The van der Waals surface area contributed by atoms with Crippen LogP contribution in [0.25, 0.3) is 0 Å². The summed E-state index contributed by atoms with van der Waals surface area (Å²) in [7, 11) is 1.40. The van der Waals surface area contributed by atoms with Gasteiger partial charge in [0.25, 0.3) is 0 Å². The summed E-state index contributed by atoms with van der Waals surface area (Å²) >= 11 is 1.42. The summed E-state index contributed by atoms with van der Waals surface area (Å²) in [6.07, 6.45) is 2.82. The topological polar surface area (TPSA) is 42.4 Å². The smallest absolute Gasteiger partial charge is 0.349 e. The van der Waals surface area contributed by atoms with E-state index < -0.39 is 0 Å². The fourth-order valence-electron chi connectivity index (χ4n) is 2.11. The lowest BCUT2D eigenvalue weighted by Gasteiger charge is -2.16. The average Bonchev–Trinajstić information content (AvgIpc) is 2.95. The van der Waals surface area contributed by atoms with Crippen LogP contribution < -0.4 is 4.90 Å². The average molecular weight is 254 g/mol. The maximum absolute atomic E-state index is 11.3. The van der Waals surface area contributed by atoms with Crippen LogP contribution in [-0.4, -0.2) is 31.2 Å². The van der Waals surface area contributed by atoms with E-state index in [4.69, 9.17) is 0 Å². The van der Waals surface area contributed by atoms with Gasteiger partial charge in [-0.3, -0.25) is 0 Å². The summed E-state index contributed by atoms with van der Waals surface area (Å²) in [6, 6.07) is 0. The number of esters is 1. The first kappa shape index (κ1) is 12.4. The van der Waals surface area contributed by atoms with E-state index in [2.05, 4.69) is 28.5 Å². The number of carbonyl (C=O) groups is 1. The van der Waals surface area contributed by atoms with Gasteiger partial charge in [-0.15, -0.1) is 0 Å². The molecule has 17 heavy (non-hydrogen) atoms. The Balaban J connectivity index is 2.04. The van der Waals surface area contributed by atoms with Crippen LogP contribution in [0.15, 0.2) is 6.20 Å². The molecule has 2 rings (SSSR count). The highest BCUT2D eigenvalue weighted by molar-refractivity contribution is 7.17. The van der Waals surface area contributed by atoms with E-state index in [1.165, 1.54) is 24.9 Å². The fraction of sp³-hybridized carbons (Fsp3) is 0.667. The van der Waals surface area contributed by atoms with Crippen molar-refractivity contribution in [2.75, 3.05) is 25.1 Å². The Hall–Kier alpha value is -1.10. The summed E-state index contributed by atoms with van der Waals surface area (Å²) in [4.78, 5) is 18.5. The Labute approximate surface area is 106 Å². The summed E-state index contributed by atoms with van der Waals surface area (Å²) < 4.78 is 4.68. The standard InChI is InChI=1S/C12H18N2O2S/c1-8(2)9-4-5-14(7-9)12-13-6-10(17-12)11(15)16-3/h6,8-9H,4-5,7H2,1-3H3. The molecule has 1 aromatic heterocycles. The van der Waals surface area contributed by atoms with E-state index in [0.717, 1.165) is 24.1 Å². The molecular weight excluding hydrogens is 236 g/mol. The van der Waals surface area contributed by atoms with Gasteiger partial charge in [0.15, 0.2) is 5.13 Å². The van der Waals surface area contributed by atoms with Crippen molar-refractivity contribution in [1.82, 2.24) is 4.98 Å². The minimum absolute atomic E-state index is 0.298. The lowest BCUT2D eigenvalue weighted by atomic mass is 9.95. The Morgan fingerprint density at radius 3 is 3.00 bits per heavy atom. The highest BCUT2D eigenvalue weighted by Crippen LogP contribution is 2.31. The number of nitrogens with zero attached hydrogens (tertiary/aromatic N) is 2. The number of ether oxygens (including phenoxy) is 1. The third-order valence-corrected chi connectivity index (χ3v) is 4.36. The first-order valence-corrected chi connectivity index (χ1v) is 6.72. The number of thiazole rings is 1. The molecule has 0 aliphatic carbocycles. The van der Waals surface area contributed by atoms with Crippen molar-refractivity contribution >= 4 is 22.4 Å². The molecule has 1 aromatic rings. The summed E-state index contributed by atoms with van der Waals surface area (Å²) in [5.74, 6) is 1.15. The second kappa shape index (κ2) is 5.04. The van der Waals surface area contributed by atoms with Gasteiger partial charge in [0.2, 0.25) is 0 Å². The molecule has 1 saturated heterocycles. The van der Waals surface area contributed by atoms with Crippen LogP contribution in [0.5, 0.6) is 0 Å². The molecule has 0 bridgehead atoms. The summed E-state index contributed by atoms with van der Waals surface area (Å²) in [5.41, 5.74) is 0. The molecule has 0 spiro atoms. The lowest BCUT2D eigenvalue weighted by molar-refractivity contribution is 0.0606. The quantitative estimate of drug-likeness (QED) is 0.777. The minimum Gasteiger partial charge on any atom is -0.465 e. The van der Waals surface area contributed by atoms with Crippen LogP contribution >= 0.6 is 11.3 Å². The van der Waals surface area contributed by atoms with Gasteiger partial charge in [-0.2, -0.15) is 0 Å². The zero-order chi connectivity index (χ0) is 12.4. The second-order valence-electron chi connectivity index (χ2n) is 4.74.